The maximum atomic E-state index is 12.0. The predicted octanol–water partition coefficient (Wildman–Crippen LogP) is 3.49. The molecule has 3 rings (SSSR count). The molecule has 2 amide bonds. The number of carbonyl (C=O) groups is 1. The first-order valence-corrected chi connectivity index (χ1v) is 8.45. The molecule has 0 aliphatic heterocycles. The highest BCUT2D eigenvalue weighted by Crippen LogP contribution is 2.17. The molecule has 2 heterocycles. The van der Waals surface area contributed by atoms with Crippen molar-refractivity contribution in [2.24, 2.45) is 0 Å². The Labute approximate surface area is 146 Å². The molecule has 6 nitrogen and oxygen atoms in total. The summed E-state index contributed by atoms with van der Waals surface area (Å²) >= 11 is 0. The first kappa shape index (κ1) is 16.8. The molecule has 2 aromatic heterocycles. The number of fused-ring (bicyclic) bond motifs is 1. The molecule has 0 aliphatic carbocycles. The van der Waals surface area contributed by atoms with E-state index in [2.05, 4.69) is 22.5 Å². The largest absolute Gasteiger partial charge is 0.494 e. The van der Waals surface area contributed by atoms with E-state index in [1.165, 1.54) is 0 Å². The molecule has 0 radical (unpaired) electrons. The fourth-order valence-electron chi connectivity index (χ4n) is 2.47. The molecular formula is C19H22N4O2. The average molecular weight is 338 g/mol. The summed E-state index contributed by atoms with van der Waals surface area (Å²) in [7, 11) is 0. The summed E-state index contributed by atoms with van der Waals surface area (Å²) in [5, 5.41) is 5.66. The third-order valence-electron chi connectivity index (χ3n) is 3.65. The quantitative estimate of drug-likeness (QED) is 0.693. The third kappa shape index (κ3) is 4.73. The molecule has 0 bridgehead atoms. The van der Waals surface area contributed by atoms with Gasteiger partial charge in [0.2, 0.25) is 0 Å². The first-order valence-electron chi connectivity index (χ1n) is 8.45. The van der Waals surface area contributed by atoms with E-state index in [1.807, 2.05) is 59.3 Å². The van der Waals surface area contributed by atoms with Gasteiger partial charge >= 0.3 is 6.03 Å². The number of anilines is 1. The van der Waals surface area contributed by atoms with Crippen LogP contribution in [0.1, 0.15) is 19.0 Å². The summed E-state index contributed by atoms with van der Waals surface area (Å²) in [6.45, 7) is 3.23. The van der Waals surface area contributed by atoms with Crippen molar-refractivity contribution in [3.63, 3.8) is 0 Å². The van der Waals surface area contributed by atoms with E-state index < -0.39 is 0 Å². The van der Waals surface area contributed by atoms with Gasteiger partial charge < -0.3 is 19.8 Å². The van der Waals surface area contributed by atoms with E-state index in [0.29, 0.717) is 25.3 Å². The van der Waals surface area contributed by atoms with Crippen LogP contribution in [0.5, 0.6) is 5.75 Å². The van der Waals surface area contributed by atoms with Crippen molar-refractivity contribution in [1.29, 1.82) is 0 Å². The summed E-state index contributed by atoms with van der Waals surface area (Å²) in [5.74, 6) is 0.754. The van der Waals surface area contributed by atoms with Gasteiger partial charge in [0.05, 0.1) is 12.3 Å². The van der Waals surface area contributed by atoms with Crippen LogP contribution in [0.3, 0.4) is 0 Å². The van der Waals surface area contributed by atoms with Crippen molar-refractivity contribution in [3.05, 3.63) is 60.6 Å². The first-order chi connectivity index (χ1) is 12.2. The standard InChI is InChI=1S/C19H22N4O2/c1-2-12-25-17-7-5-6-15(13-17)22-19(24)20-10-9-16-14-23-11-4-3-8-18(23)21-16/h3-8,11,13-14H,2,9-10,12H2,1H3,(H2,20,22,24). The number of ether oxygens (including phenoxy) is 1. The molecule has 130 valence electrons. The minimum atomic E-state index is -0.239. The highest BCUT2D eigenvalue weighted by molar-refractivity contribution is 5.89. The van der Waals surface area contributed by atoms with Crippen LogP contribution in [0.25, 0.3) is 5.65 Å². The molecule has 2 N–H and O–H groups in total. The van der Waals surface area contributed by atoms with Crippen molar-refractivity contribution >= 4 is 17.4 Å². The molecule has 0 saturated heterocycles. The molecule has 0 atom stereocenters. The van der Waals surface area contributed by atoms with Gasteiger partial charge in [-0.1, -0.05) is 19.1 Å². The summed E-state index contributed by atoms with van der Waals surface area (Å²) in [5.41, 5.74) is 2.56. The molecule has 0 fully saturated rings. The molecule has 0 aliphatic rings. The van der Waals surface area contributed by atoms with Gasteiger partial charge in [-0.3, -0.25) is 0 Å². The minimum absolute atomic E-state index is 0.239. The Morgan fingerprint density at radius 2 is 2.16 bits per heavy atom. The van der Waals surface area contributed by atoms with Gasteiger partial charge in [-0.05, 0) is 30.7 Å². The Kier molecular flexibility index (Phi) is 5.51. The minimum Gasteiger partial charge on any atom is -0.494 e. The number of rotatable bonds is 7. The lowest BCUT2D eigenvalue weighted by Gasteiger charge is -2.09. The summed E-state index contributed by atoms with van der Waals surface area (Å²) in [6.07, 6.45) is 5.55. The van der Waals surface area contributed by atoms with Crippen LogP contribution in [0.4, 0.5) is 10.5 Å². The van der Waals surface area contributed by atoms with Crippen molar-refractivity contribution in [1.82, 2.24) is 14.7 Å². The van der Waals surface area contributed by atoms with Gasteiger partial charge in [-0.2, -0.15) is 0 Å². The fourth-order valence-corrected chi connectivity index (χ4v) is 2.47. The number of nitrogens with zero attached hydrogens (tertiary/aromatic N) is 2. The molecule has 0 spiro atoms. The SMILES string of the molecule is CCCOc1cccc(NC(=O)NCCc2cn3ccccc3n2)c1. The van der Waals surface area contributed by atoms with E-state index in [9.17, 15) is 4.79 Å². The smallest absolute Gasteiger partial charge is 0.319 e. The zero-order valence-electron chi connectivity index (χ0n) is 14.2. The Bertz CT molecular complexity index is 811. The van der Waals surface area contributed by atoms with Crippen molar-refractivity contribution < 1.29 is 9.53 Å². The molecule has 1 aromatic carbocycles. The van der Waals surface area contributed by atoms with Gasteiger partial charge in [0.1, 0.15) is 11.4 Å². The van der Waals surface area contributed by atoms with E-state index >= 15 is 0 Å². The number of nitrogens with one attached hydrogen (secondary N) is 2. The second-order valence-electron chi connectivity index (χ2n) is 5.71. The Morgan fingerprint density at radius 3 is 3.00 bits per heavy atom. The van der Waals surface area contributed by atoms with Crippen LogP contribution in [0.2, 0.25) is 0 Å². The molecular weight excluding hydrogens is 316 g/mol. The fraction of sp³-hybridized carbons (Fsp3) is 0.263. The second kappa shape index (κ2) is 8.19. The number of imidazole rings is 1. The lowest BCUT2D eigenvalue weighted by molar-refractivity contribution is 0.252. The second-order valence-corrected chi connectivity index (χ2v) is 5.71. The summed E-state index contributed by atoms with van der Waals surface area (Å²) in [6, 6.07) is 13.0. The zero-order chi connectivity index (χ0) is 17.5. The van der Waals surface area contributed by atoms with E-state index in [1.54, 1.807) is 0 Å². The van der Waals surface area contributed by atoms with Crippen LogP contribution < -0.4 is 15.4 Å². The number of hydrogen-bond acceptors (Lipinski definition) is 3. The topological polar surface area (TPSA) is 67.7 Å². The van der Waals surface area contributed by atoms with Crippen LogP contribution in [-0.2, 0) is 6.42 Å². The molecule has 6 heteroatoms. The number of pyridine rings is 1. The predicted molar refractivity (Wildman–Crippen MR) is 98.1 cm³/mol. The number of hydrogen-bond donors (Lipinski definition) is 2. The van der Waals surface area contributed by atoms with Crippen LogP contribution >= 0.6 is 0 Å². The molecule has 3 aromatic rings. The normalized spacial score (nSPS) is 10.6. The average Bonchev–Trinajstić information content (AvgIpc) is 3.03. The van der Waals surface area contributed by atoms with Crippen LogP contribution in [0, 0.1) is 0 Å². The number of carbonyl (C=O) groups excluding carboxylic acids is 1. The Hall–Kier alpha value is -3.02. The number of amides is 2. The van der Waals surface area contributed by atoms with Gasteiger partial charge in [-0.25, -0.2) is 9.78 Å². The third-order valence-corrected chi connectivity index (χ3v) is 3.65. The number of aromatic nitrogens is 2. The van der Waals surface area contributed by atoms with Gasteiger partial charge in [0.15, 0.2) is 0 Å². The Morgan fingerprint density at radius 1 is 1.24 bits per heavy atom. The number of urea groups is 1. The monoisotopic (exact) mass is 338 g/mol. The maximum absolute atomic E-state index is 12.0. The van der Waals surface area contributed by atoms with Gasteiger partial charge in [-0.15, -0.1) is 0 Å². The summed E-state index contributed by atoms with van der Waals surface area (Å²) < 4.78 is 7.53. The molecule has 0 unspecified atom stereocenters. The highest BCUT2D eigenvalue weighted by Gasteiger charge is 2.05. The number of benzene rings is 1. The van der Waals surface area contributed by atoms with Crippen molar-refractivity contribution in [3.8, 4) is 5.75 Å². The molecule has 0 saturated carbocycles. The lowest BCUT2D eigenvalue weighted by atomic mass is 10.3. The van der Waals surface area contributed by atoms with Crippen molar-refractivity contribution in [2.75, 3.05) is 18.5 Å². The van der Waals surface area contributed by atoms with E-state index in [4.69, 9.17) is 4.74 Å². The Balaban J connectivity index is 1.47. The van der Waals surface area contributed by atoms with Crippen LogP contribution in [0.15, 0.2) is 54.9 Å². The summed E-state index contributed by atoms with van der Waals surface area (Å²) in [4.78, 5) is 16.5. The van der Waals surface area contributed by atoms with Gasteiger partial charge in [0.25, 0.3) is 0 Å². The molecule has 25 heavy (non-hydrogen) atoms. The zero-order valence-corrected chi connectivity index (χ0v) is 14.2. The maximum Gasteiger partial charge on any atom is 0.319 e. The lowest BCUT2D eigenvalue weighted by Crippen LogP contribution is -2.30. The van der Waals surface area contributed by atoms with Gasteiger partial charge in [0, 0.05) is 37.1 Å². The highest BCUT2D eigenvalue weighted by atomic mass is 16.5. The van der Waals surface area contributed by atoms with E-state index in [-0.39, 0.29) is 6.03 Å². The van der Waals surface area contributed by atoms with Crippen molar-refractivity contribution in [2.45, 2.75) is 19.8 Å². The van der Waals surface area contributed by atoms with Crippen LogP contribution in [-0.4, -0.2) is 28.6 Å². The van der Waals surface area contributed by atoms with E-state index in [0.717, 1.165) is 23.5 Å².